The van der Waals surface area contributed by atoms with Crippen molar-refractivity contribution in [3.63, 3.8) is 0 Å². The molecule has 2 rings (SSSR count). The highest BCUT2D eigenvalue weighted by molar-refractivity contribution is 5.70. The van der Waals surface area contributed by atoms with Gasteiger partial charge in [-0.2, -0.15) is 5.10 Å². The van der Waals surface area contributed by atoms with E-state index in [-0.39, 0.29) is 10.8 Å². The Hall–Kier alpha value is -1.77. The second-order valence-corrected chi connectivity index (χ2v) is 8.19. The van der Waals surface area contributed by atoms with E-state index in [2.05, 4.69) is 59.6 Å². The second kappa shape index (κ2) is 5.15. The predicted molar refractivity (Wildman–Crippen MR) is 92.4 cm³/mol. The molecule has 0 saturated heterocycles. The second-order valence-electron chi connectivity index (χ2n) is 8.19. The number of aryl methyl sites for hydroxylation is 1. The van der Waals surface area contributed by atoms with Crippen LogP contribution >= 0.6 is 0 Å². The summed E-state index contributed by atoms with van der Waals surface area (Å²) in [5, 5.41) is 15.4. The van der Waals surface area contributed by atoms with Gasteiger partial charge < -0.3 is 5.11 Å². The average Bonchev–Trinajstić information content (AvgIpc) is 2.72. The number of rotatable bonds is 1. The highest BCUT2D eigenvalue weighted by Crippen LogP contribution is 2.44. The van der Waals surface area contributed by atoms with Gasteiger partial charge in [0.2, 0.25) is 0 Å². The molecule has 0 aliphatic heterocycles. The third-order valence-corrected chi connectivity index (χ3v) is 4.11. The van der Waals surface area contributed by atoms with Crippen molar-refractivity contribution in [3.8, 4) is 17.0 Å². The van der Waals surface area contributed by atoms with Gasteiger partial charge in [-0.05, 0) is 35.4 Å². The predicted octanol–water partition coefficient (Wildman–Crippen LogP) is 4.70. The molecule has 0 bridgehead atoms. The van der Waals surface area contributed by atoms with Gasteiger partial charge in [-0.25, -0.2) is 0 Å². The summed E-state index contributed by atoms with van der Waals surface area (Å²) >= 11 is 0. The van der Waals surface area contributed by atoms with Crippen LogP contribution in [0.25, 0.3) is 11.3 Å². The zero-order valence-electron chi connectivity index (χ0n) is 15.1. The van der Waals surface area contributed by atoms with Crippen LogP contribution in [0.15, 0.2) is 18.3 Å². The molecule has 1 aromatic heterocycles. The summed E-state index contributed by atoms with van der Waals surface area (Å²) in [4.78, 5) is 0. The maximum absolute atomic E-state index is 10.9. The number of hydrogen-bond donors (Lipinski definition) is 1. The van der Waals surface area contributed by atoms with E-state index in [4.69, 9.17) is 0 Å². The molecule has 0 radical (unpaired) electrons. The minimum atomic E-state index is -0.126. The Bertz CT molecular complexity index is 697. The molecule has 0 aliphatic rings. The molecule has 0 spiro atoms. The molecule has 1 heterocycles. The smallest absolute Gasteiger partial charge is 0.123 e. The van der Waals surface area contributed by atoms with Crippen LogP contribution in [0.3, 0.4) is 0 Å². The molecule has 22 heavy (non-hydrogen) atoms. The van der Waals surface area contributed by atoms with E-state index in [1.165, 1.54) is 0 Å². The normalized spacial score (nSPS) is 12.7. The Balaban J connectivity index is 2.86. The molecular formula is C19H28N2O. The summed E-state index contributed by atoms with van der Waals surface area (Å²) < 4.78 is 1.81. The Labute approximate surface area is 134 Å². The SMILES string of the molecule is Cc1c(-c2ccn(C)n2)cc(C(C)(C)C)c(O)c1C(C)(C)C. The topological polar surface area (TPSA) is 38.0 Å². The van der Waals surface area contributed by atoms with E-state index >= 15 is 0 Å². The standard InChI is InChI=1S/C19H28N2O/c1-12-13(15-9-10-21(8)20-15)11-14(18(2,3)4)17(22)16(12)19(5,6)7/h9-11,22H,1-8H3. The first-order valence-electron chi connectivity index (χ1n) is 7.80. The van der Waals surface area contributed by atoms with E-state index in [0.29, 0.717) is 5.75 Å². The van der Waals surface area contributed by atoms with E-state index in [0.717, 1.165) is 27.9 Å². The fourth-order valence-corrected chi connectivity index (χ4v) is 3.08. The summed E-state index contributed by atoms with van der Waals surface area (Å²) in [6.45, 7) is 14.9. The van der Waals surface area contributed by atoms with Gasteiger partial charge in [-0.15, -0.1) is 0 Å². The minimum absolute atomic E-state index is 0.124. The molecular weight excluding hydrogens is 272 g/mol. The van der Waals surface area contributed by atoms with E-state index < -0.39 is 0 Å². The summed E-state index contributed by atoms with van der Waals surface area (Å²) in [6.07, 6.45) is 1.95. The third-order valence-electron chi connectivity index (χ3n) is 4.11. The molecule has 0 unspecified atom stereocenters. The zero-order chi connectivity index (χ0) is 16.9. The molecule has 0 saturated carbocycles. The fraction of sp³-hybridized carbons (Fsp3) is 0.526. The molecule has 0 fully saturated rings. The van der Waals surface area contributed by atoms with E-state index in [9.17, 15) is 5.11 Å². The van der Waals surface area contributed by atoms with Gasteiger partial charge in [-0.3, -0.25) is 4.68 Å². The van der Waals surface area contributed by atoms with Crippen LogP contribution in [0.4, 0.5) is 0 Å². The lowest BCUT2D eigenvalue weighted by Gasteiger charge is -2.30. The summed E-state index contributed by atoms with van der Waals surface area (Å²) in [5.74, 6) is 0.428. The number of hydrogen-bond acceptors (Lipinski definition) is 2. The van der Waals surface area contributed by atoms with Crippen LogP contribution in [-0.4, -0.2) is 14.9 Å². The van der Waals surface area contributed by atoms with Crippen molar-refractivity contribution >= 4 is 0 Å². The molecule has 0 amide bonds. The lowest BCUT2D eigenvalue weighted by atomic mass is 9.75. The number of aromatic nitrogens is 2. The largest absolute Gasteiger partial charge is 0.507 e. The van der Waals surface area contributed by atoms with Crippen molar-refractivity contribution in [2.24, 2.45) is 7.05 Å². The van der Waals surface area contributed by atoms with E-state index in [1.807, 2.05) is 24.0 Å². The van der Waals surface area contributed by atoms with Gasteiger partial charge in [-0.1, -0.05) is 41.5 Å². The zero-order valence-corrected chi connectivity index (χ0v) is 15.1. The minimum Gasteiger partial charge on any atom is -0.507 e. The van der Waals surface area contributed by atoms with Gasteiger partial charge in [0.05, 0.1) is 5.69 Å². The molecule has 1 aromatic carbocycles. The number of nitrogens with zero attached hydrogens (tertiary/aromatic N) is 2. The lowest BCUT2D eigenvalue weighted by molar-refractivity contribution is 0.422. The quantitative estimate of drug-likeness (QED) is 0.829. The van der Waals surface area contributed by atoms with Crippen LogP contribution < -0.4 is 0 Å². The molecule has 3 nitrogen and oxygen atoms in total. The summed E-state index contributed by atoms with van der Waals surface area (Å²) in [7, 11) is 1.93. The first kappa shape index (κ1) is 16.6. The van der Waals surface area contributed by atoms with Crippen molar-refractivity contribution in [2.45, 2.75) is 59.3 Å². The van der Waals surface area contributed by atoms with Crippen LogP contribution in [0.2, 0.25) is 0 Å². The van der Waals surface area contributed by atoms with Gasteiger partial charge in [0.25, 0.3) is 0 Å². The van der Waals surface area contributed by atoms with Crippen molar-refractivity contribution < 1.29 is 5.11 Å². The molecule has 0 aliphatic carbocycles. The van der Waals surface area contributed by atoms with Crippen LogP contribution in [0.1, 0.15) is 58.2 Å². The van der Waals surface area contributed by atoms with Crippen LogP contribution in [0, 0.1) is 6.92 Å². The van der Waals surface area contributed by atoms with Crippen molar-refractivity contribution in [2.75, 3.05) is 0 Å². The maximum Gasteiger partial charge on any atom is 0.123 e. The number of phenolic OH excluding ortho intramolecular Hbond substituents is 1. The molecule has 120 valence electrons. The van der Waals surface area contributed by atoms with Gasteiger partial charge >= 0.3 is 0 Å². The number of phenols is 1. The third kappa shape index (κ3) is 2.90. The Kier molecular flexibility index (Phi) is 3.88. The van der Waals surface area contributed by atoms with Crippen molar-refractivity contribution in [1.82, 2.24) is 9.78 Å². The van der Waals surface area contributed by atoms with Crippen LogP contribution in [-0.2, 0) is 17.9 Å². The highest BCUT2D eigenvalue weighted by atomic mass is 16.3. The van der Waals surface area contributed by atoms with Gasteiger partial charge in [0.15, 0.2) is 0 Å². The Morgan fingerprint density at radius 2 is 1.64 bits per heavy atom. The van der Waals surface area contributed by atoms with Crippen LogP contribution in [0.5, 0.6) is 5.75 Å². The first-order chi connectivity index (χ1) is 9.93. The van der Waals surface area contributed by atoms with Crippen molar-refractivity contribution in [3.05, 3.63) is 35.0 Å². The molecule has 3 heteroatoms. The fourth-order valence-electron chi connectivity index (χ4n) is 3.08. The first-order valence-corrected chi connectivity index (χ1v) is 7.80. The lowest BCUT2D eigenvalue weighted by Crippen LogP contribution is -2.19. The molecule has 1 N–H and O–H groups in total. The average molecular weight is 300 g/mol. The Morgan fingerprint density at radius 1 is 1.05 bits per heavy atom. The highest BCUT2D eigenvalue weighted by Gasteiger charge is 2.29. The molecule has 2 aromatic rings. The maximum atomic E-state index is 10.9. The summed E-state index contributed by atoms with van der Waals surface area (Å²) in [6, 6.07) is 4.13. The monoisotopic (exact) mass is 300 g/mol. The molecule has 0 atom stereocenters. The van der Waals surface area contributed by atoms with E-state index in [1.54, 1.807) is 0 Å². The Morgan fingerprint density at radius 3 is 2.05 bits per heavy atom. The number of aromatic hydroxyl groups is 1. The van der Waals surface area contributed by atoms with Gasteiger partial charge in [0, 0.05) is 29.9 Å². The summed E-state index contributed by atoms with van der Waals surface area (Å²) in [5.41, 5.74) is 4.91. The van der Waals surface area contributed by atoms with Gasteiger partial charge in [0.1, 0.15) is 5.75 Å². The van der Waals surface area contributed by atoms with Crippen molar-refractivity contribution in [1.29, 1.82) is 0 Å². The number of benzene rings is 1.